The smallest absolute Gasteiger partial charge is 0.283 e. The maximum absolute atomic E-state index is 13.0. The first-order valence-corrected chi connectivity index (χ1v) is 7.91. The topological polar surface area (TPSA) is 37.4 Å². The second-order valence-electron chi connectivity index (χ2n) is 5.48. The number of rotatable bonds is 5. The number of benzene rings is 3. The van der Waals surface area contributed by atoms with Gasteiger partial charge in [-0.2, -0.15) is 0 Å². The van der Waals surface area contributed by atoms with Gasteiger partial charge >= 0.3 is 5.91 Å². The summed E-state index contributed by atoms with van der Waals surface area (Å²) in [7, 11) is 0. The van der Waals surface area contributed by atoms with Crippen LogP contribution < -0.4 is 4.90 Å². The molecule has 0 saturated carbocycles. The van der Waals surface area contributed by atoms with Crippen LogP contribution in [0.4, 0.5) is 5.69 Å². The van der Waals surface area contributed by atoms with Crippen LogP contribution >= 0.6 is 0 Å². The Hall–Kier alpha value is -3.46. The highest BCUT2D eigenvalue weighted by atomic mass is 16.2. The molecular formula is C22H17NO2. The molecular weight excluding hydrogens is 310 g/mol. The average molecular weight is 327 g/mol. The van der Waals surface area contributed by atoms with Crippen LogP contribution in [-0.4, -0.2) is 11.7 Å². The minimum Gasteiger partial charge on any atom is -0.283 e. The highest BCUT2D eigenvalue weighted by molar-refractivity contribution is 6.49. The summed E-state index contributed by atoms with van der Waals surface area (Å²) in [6.45, 7) is 4.05. The van der Waals surface area contributed by atoms with Gasteiger partial charge in [0.15, 0.2) is 0 Å². The second-order valence-corrected chi connectivity index (χ2v) is 5.48. The van der Waals surface area contributed by atoms with E-state index < -0.39 is 11.7 Å². The van der Waals surface area contributed by atoms with Crippen molar-refractivity contribution in [2.24, 2.45) is 0 Å². The molecule has 3 rings (SSSR count). The summed E-state index contributed by atoms with van der Waals surface area (Å²) in [5.74, 6) is -1.20. The van der Waals surface area contributed by atoms with Gasteiger partial charge in [0.05, 0.1) is 0 Å². The average Bonchev–Trinajstić information content (AvgIpc) is 2.69. The Morgan fingerprint density at radius 3 is 1.60 bits per heavy atom. The Morgan fingerprint density at radius 2 is 1.08 bits per heavy atom. The zero-order chi connectivity index (χ0) is 17.6. The molecule has 3 aromatic rings. The fraction of sp³-hybridized carbons (Fsp3) is 0. The molecule has 0 saturated heterocycles. The molecule has 3 aromatic carbocycles. The predicted molar refractivity (Wildman–Crippen MR) is 100 cm³/mol. The lowest BCUT2D eigenvalue weighted by atomic mass is 10.1. The van der Waals surface area contributed by atoms with Gasteiger partial charge in [-0.15, -0.1) is 0 Å². The van der Waals surface area contributed by atoms with E-state index in [0.717, 1.165) is 5.56 Å². The zero-order valence-electron chi connectivity index (χ0n) is 13.6. The number of Topliss-reactive ketones (excluding diaryl/α,β-unsaturated/α-hetero) is 1. The SMILES string of the molecule is C=C(c1ccccc1)N(C(=O)C(=O)c1ccccc1)c1ccccc1. The monoisotopic (exact) mass is 327 g/mol. The Kier molecular flexibility index (Phi) is 4.86. The Morgan fingerprint density at radius 1 is 0.640 bits per heavy atom. The van der Waals surface area contributed by atoms with E-state index in [9.17, 15) is 9.59 Å². The lowest BCUT2D eigenvalue weighted by Crippen LogP contribution is -2.35. The molecule has 1 amide bonds. The van der Waals surface area contributed by atoms with Crippen LogP contribution in [0, 0.1) is 0 Å². The number of carbonyl (C=O) groups is 2. The summed E-state index contributed by atoms with van der Waals surface area (Å²) >= 11 is 0. The molecule has 3 nitrogen and oxygen atoms in total. The van der Waals surface area contributed by atoms with Gasteiger partial charge in [0.2, 0.25) is 0 Å². The molecule has 0 N–H and O–H groups in total. The first-order valence-electron chi connectivity index (χ1n) is 7.91. The zero-order valence-corrected chi connectivity index (χ0v) is 13.6. The number of hydrogen-bond acceptors (Lipinski definition) is 2. The van der Waals surface area contributed by atoms with Crippen molar-refractivity contribution in [1.29, 1.82) is 0 Å². The van der Waals surface area contributed by atoms with Gasteiger partial charge in [0.1, 0.15) is 0 Å². The molecule has 0 aromatic heterocycles. The Labute approximate surface area is 146 Å². The first-order chi connectivity index (χ1) is 12.2. The largest absolute Gasteiger partial charge is 0.303 e. The molecule has 0 heterocycles. The highest BCUT2D eigenvalue weighted by Crippen LogP contribution is 2.26. The van der Waals surface area contributed by atoms with Crippen LogP contribution in [0.5, 0.6) is 0 Å². The van der Waals surface area contributed by atoms with E-state index in [1.807, 2.05) is 48.5 Å². The predicted octanol–water partition coefficient (Wildman–Crippen LogP) is 4.57. The van der Waals surface area contributed by atoms with E-state index in [1.165, 1.54) is 4.90 Å². The van der Waals surface area contributed by atoms with Crippen molar-refractivity contribution in [2.45, 2.75) is 0 Å². The van der Waals surface area contributed by atoms with Crippen molar-refractivity contribution >= 4 is 23.1 Å². The molecule has 0 atom stereocenters. The van der Waals surface area contributed by atoms with Gasteiger partial charge in [-0.1, -0.05) is 85.4 Å². The molecule has 0 aliphatic rings. The third-order valence-corrected chi connectivity index (χ3v) is 3.82. The van der Waals surface area contributed by atoms with Crippen molar-refractivity contribution in [3.05, 3.63) is 109 Å². The number of ketones is 1. The van der Waals surface area contributed by atoms with E-state index in [4.69, 9.17) is 0 Å². The molecule has 0 aliphatic heterocycles. The summed E-state index contributed by atoms with van der Waals surface area (Å²) < 4.78 is 0. The minimum absolute atomic E-state index is 0.356. The highest BCUT2D eigenvalue weighted by Gasteiger charge is 2.27. The molecule has 0 aliphatic carbocycles. The summed E-state index contributed by atoms with van der Waals surface area (Å²) in [4.78, 5) is 27.0. The maximum Gasteiger partial charge on any atom is 0.303 e. The number of hydrogen-bond donors (Lipinski definition) is 0. The normalized spacial score (nSPS) is 10.1. The number of para-hydroxylation sites is 1. The molecule has 122 valence electrons. The van der Waals surface area contributed by atoms with Crippen molar-refractivity contribution in [1.82, 2.24) is 0 Å². The molecule has 0 spiro atoms. The lowest BCUT2D eigenvalue weighted by Gasteiger charge is -2.24. The van der Waals surface area contributed by atoms with Gasteiger partial charge in [0.25, 0.3) is 5.78 Å². The quantitative estimate of drug-likeness (QED) is 0.508. The van der Waals surface area contributed by atoms with E-state index in [0.29, 0.717) is 16.9 Å². The van der Waals surface area contributed by atoms with E-state index in [2.05, 4.69) is 6.58 Å². The first kappa shape index (κ1) is 16.4. The van der Waals surface area contributed by atoms with Crippen LogP contribution in [-0.2, 0) is 4.79 Å². The Bertz CT molecular complexity index is 887. The van der Waals surface area contributed by atoms with E-state index in [-0.39, 0.29) is 0 Å². The van der Waals surface area contributed by atoms with Crippen LogP contribution in [0.25, 0.3) is 5.70 Å². The summed E-state index contributed by atoms with van der Waals surface area (Å²) in [5.41, 5.74) is 2.20. The van der Waals surface area contributed by atoms with Gasteiger partial charge in [-0.3, -0.25) is 14.5 Å². The van der Waals surface area contributed by atoms with Gasteiger partial charge < -0.3 is 0 Å². The summed E-state index contributed by atoms with van der Waals surface area (Å²) in [6.07, 6.45) is 0. The van der Waals surface area contributed by atoms with Gasteiger partial charge in [-0.05, 0) is 17.7 Å². The van der Waals surface area contributed by atoms with Crippen molar-refractivity contribution < 1.29 is 9.59 Å². The number of nitrogens with zero attached hydrogens (tertiary/aromatic N) is 1. The number of amides is 1. The van der Waals surface area contributed by atoms with Gasteiger partial charge in [-0.25, -0.2) is 0 Å². The maximum atomic E-state index is 13.0. The van der Waals surface area contributed by atoms with E-state index in [1.54, 1.807) is 42.5 Å². The van der Waals surface area contributed by atoms with Crippen LogP contribution in [0.15, 0.2) is 97.6 Å². The third-order valence-electron chi connectivity index (χ3n) is 3.82. The number of anilines is 1. The van der Waals surface area contributed by atoms with Crippen LogP contribution in [0.3, 0.4) is 0 Å². The van der Waals surface area contributed by atoms with Crippen molar-refractivity contribution in [2.75, 3.05) is 4.90 Å². The van der Waals surface area contributed by atoms with Gasteiger partial charge in [0, 0.05) is 16.9 Å². The summed E-state index contributed by atoms with van der Waals surface area (Å²) in [6, 6.07) is 27.0. The van der Waals surface area contributed by atoms with Crippen molar-refractivity contribution in [3.8, 4) is 0 Å². The Balaban J connectivity index is 2.01. The molecule has 0 fully saturated rings. The second kappa shape index (κ2) is 7.41. The standard InChI is InChI=1S/C22H17NO2/c1-17(18-11-5-2-6-12-18)23(20-15-9-4-10-16-20)22(25)21(24)19-13-7-3-8-14-19/h2-16H,1H2. The molecule has 0 radical (unpaired) electrons. The van der Waals surface area contributed by atoms with Crippen LogP contribution in [0.2, 0.25) is 0 Å². The lowest BCUT2D eigenvalue weighted by molar-refractivity contribution is -0.114. The molecule has 0 bridgehead atoms. The fourth-order valence-electron chi connectivity index (χ4n) is 2.55. The molecule has 25 heavy (non-hydrogen) atoms. The van der Waals surface area contributed by atoms with Crippen LogP contribution in [0.1, 0.15) is 15.9 Å². The molecule has 3 heteroatoms. The summed E-state index contributed by atoms with van der Waals surface area (Å²) in [5, 5.41) is 0. The third kappa shape index (κ3) is 3.56. The van der Waals surface area contributed by atoms with Crippen molar-refractivity contribution in [3.63, 3.8) is 0 Å². The molecule has 0 unspecified atom stereocenters. The number of carbonyl (C=O) groups excluding carboxylic acids is 2. The fourth-order valence-corrected chi connectivity index (χ4v) is 2.55. The van der Waals surface area contributed by atoms with E-state index >= 15 is 0 Å². The minimum atomic E-state index is -0.633.